The smallest absolute Gasteiger partial charge is 0.182 e. The molecule has 18 heavy (non-hydrogen) atoms. The molecule has 0 aromatic carbocycles. The highest BCUT2D eigenvalue weighted by atomic mass is 16.1. The first kappa shape index (κ1) is 10.7. The summed E-state index contributed by atoms with van der Waals surface area (Å²) in [5.74, 6) is 1.61. The number of hydrogen-bond acceptors (Lipinski definition) is 2. The first-order chi connectivity index (χ1) is 8.44. The zero-order chi connectivity index (χ0) is 12.7. The minimum Gasteiger partial charge on any atom is -0.290 e. The van der Waals surface area contributed by atoms with Crippen LogP contribution in [0.25, 0.3) is 0 Å². The van der Waals surface area contributed by atoms with Gasteiger partial charge in [0, 0.05) is 11.1 Å². The number of fused-ring (bicyclic) bond motifs is 3. The molecule has 0 heterocycles. The topological polar surface area (TPSA) is 34.1 Å². The summed E-state index contributed by atoms with van der Waals surface area (Å²) in [6.07, 6.45) is 7.17. The van der Waals surface area contributed by atoms with Crippen molar-refractivity contribution in [2.75, 3.05) is 0 Å². The number of allylic oxidation sites excluding steroid dienone is 4. The van der Waals surface area contributed by atoms with E-state index in [2.05, 4.69) is 13.8 Å². The molecule has 0 bridgehead atoms. The van der Waals surface area contributed by atoms with Crippen molar-refractivity contribution in [2.45, 2.75) is 39.5 Å². The standard InChI is InChI=1S/C16H18O2/c1-15-6-9-7-16(9,2)14(15)5-10-11(8-15)13(18)4-3-12(10)17/h3-4,9,14H,5-8H2,1-2H3/t9-,14-,15-,16-/m1/s1. The van der Waals surface area contributed by atoms with E-state index in [0.717, 1.165) is 29.9 Å². The largest absolute Gasteiger partial charge is 0.290 e. The van der Waals surface area contributed by atoms with Crippen LogP contribution in [0.3, 0.4) is 0 Å². The van der Waals surface area contributed by atoms with E-state index in [1.54, 1.807) is 0 Å². The number of rotatable bonds is 0. The molecule has 0 aromatic heterocycles. The molecule has 4 aliphatic rings. The van der Waals surface area contributed by atoms with Crippen LogP contribution in [0.1, 0.15) is 39.5 Å². The molecule has 2 heteroatoms. The number of carbonyl (C=O) groups excluding carboxylic acids is 2. The second-order valence-electron chi connectivity index (χ2n) is 7.22. The third-order valence-corrected chi connectivity index (χ3v) is 6.14. The molecule has 2 nitrogen and oxygen atoms in total. The van der Waals surface area contributed by atoms with Crippen LogP contribution in [-0.2, 0) is 9.59 Å². The maximum absolute atomic E-state index is 12.0. The summed E-state index contributed by atoms with van der Waals surface area (Å²) in [7, 11) is 0. The molecule has 0 N–H and O–H groups in total. The van der Waals surface area contributed by atoms with Gasteiger partial charge >= 0.3 is 0 Å². The summed E-state index contributed by atoms with van der Waals surface area (Å²) in [5.41, 5.74) is 2.37. The van der Waals surface area contributed by atoms with Crippen molar-refractivity contribution >= 4 is 11.6 Å². The molecule has 4 aliphatic carbocycles. The lowest BCUT2D eigenvalue weighted by Crippen LogP contribution is -2.36. The maximum Gasteiger partial charge on any atom is 0.182 e. The Bertz CT molecular complexity index is 553. The van der Waals surface area contributed by atoms with E-state index in [4.69, 9.17) is 0 Å². The van der Waals surface area contributed by atoms with Gasteiger partial charge in [-0.2, -0.15) is 0 Å². The predicted octanol–water partition coefficient (Wildman–Crippen LogP) is 2.84. The van der Waals surface area contributed by atoms with Crippen molar-refractivity contribution in [3.63, 3.8) is 0 Å². The second kappa shape index (κ2) is 2.87. The van der Waals surface area contributed by atoms with Crippen LogP contribution in [0.2, 0.25) is 0 Å². The molecule has 4 atom stereocenters. The Balaban J connectivity index is 1.80. The van der Waals surface area contributed by atoms with Gasteiger partial charge in [-0.15, -0.1) is 0 Å². The molecule has 0 aliphatic heterocycles. The van der Waals surface area contributed by atoms with Crippen LogP contribution < -0.4 is 0 Å². The van der Waals surface area contributed by atoms with Crippen LogP contribution in [0.5, 0.6) is 0 Å². The minimum absolute atomic E-state index is 0.0787. The zero-order valence-electron chi connectivity index (χ0n) is 11.0. The summed E-state index contributed by atoms with van der Waals surface area (Å²) in [6, 6.07) is 0. The van der Waals surface area contributed by atoms with Crippen molar-refractivity contribution in [1.29, 1.82) is 0 Å². The highest BCUT2D eigenvalue weighted by Gasteiger charge is 2.68. The van der Waals surface area contributed by atoms with E-state index in [1.807, 2.05) is 0 Å². The number of ketones is 2. The monoisotopic (exact) mass is 242 g/mol. The van der Waals surface area contributed by atoms with Gasteiger partial charge < -0.3 is 0 Å². The Labute approximate surface area is 107 Å². The molecule has 2 fully saturated rings. The number of carbonyl (C=O) groups is 2. The Morgan fingerprint density at radius 1 is 1.06 bits per heavy atom. The quantitative estimate of drug-likeness (QED) is 0.612. The lowest BCUT2D eigenvalue weighted by molar-refractivity contribution is -0.116. The van der Waals surface area contributed by atoms with Crippen molar-refractivity contribution in [3.8, 4) is 0 Å². The Morgan fingerprint density at radius 2 is 1.72 bits per heavy atom. The van der Waals surface area contributed by atoms with E-state index < -0.39 is 0 Å². The van der Waals surface area contributed by atoms with Gasteiger partial charge in [0.25, 0.3) is 0 Å². The van der Waals surface area contributed by atoms with Gasteiger partial charge in [0.2, 0.25) is 0 Å². The van der Waals surface area contributed by atoms with Gasteiger partial charge in [-0.25, -0.2) is 0 Å². The normalized spacial score (nSPS) is 49.0. The Morgan fingerprint density at radius 3 is 2.44 bits per heavy atom. The summed E-state index contributed by atoms with van der Waals surface area (Å²) >= 11 is 0. The fourth-order valence-corrected chi connectivity index (χ4v) is 5.06. The van der Waals surface area contributed by atoms with E-state index in [0.29, 0.717) is 11.3 Å². The first-order valence-corrected chi connectivity index (χ1v) is 6.93. The van der Waals surface area contributed by atoms with Gasteiger partial charge in [-0.1, -0.05) is 13.8 Å². The SMILES string of the molecule is C[C@@]12CC3=C(C[C@H]1[C@]1(C)C[C@H]1C2)C(=O)C=CC3=O. The summed E-state index contributed by atoms with van der Waals surface area (Å²) < 4.78 is 0. The van der Waals surface area contributed by atoms with Crippen LogP contribution in [-0.4, -0.2) is 11.6 Å². The third kappa shape index (κ3) is 1.10. The minimum atomic E-state index is 0.0787. The van der Waals surface area contributed by atoms with Crippen LogP contribution in [0.15, 0.2) is 23.3 Å². The summed E-state index contributed by atoms with van der Waals surface area (Å²) in [6.45, 7) is 4.71. The van der Waals surface area contributed by atoms with E-state index in [-0.39, 0.29) is 17.0 Å². The van der Waals surface area contributed by atoms with Crippen molar-refractivity contribution < 1.29 is 9.59 Å². The van der Waals surface area contributed by atoms with Crippen LogP contribution in [0.4, 0.5) is 0 Å². The van der Waals surface area contributed by atoms with Crippen molar-refractivity contribution in [3.05, 3.63) is 23.3 Å². The molecule has 0 spiro atoms. The lowest BCUT2D eigenvalue weighted by atomic mass is 9.61. The molecule has 4 rings (SSSR count). The average molecular weight is 242 g/mol. The van der Waals surface area contributed by atoms with Gasteiger partial charge in [0.05, 0.1) is 0 Å². The van der Waals surface area contributed by atoms with Gasteiger partial charge in [0.15, 0.2) is 11.6 Å². The molecule has 94 valence electrons. The molecule has 0 aromatic rings. The first-order valence-electron chi connectivity index (χ1n) is 6.93. The van der Waals surface area contributed by atoms with Crippen molar-refractivity contribution in [2.24, 2.45) is 22.7 Å². The van der Waals surface area contributed by atoms with Crippen LogP contribution >= 0.6 is 0 Å². The molecule has 0 unspecified atom stereocenters. The fourth-order valence-electron chi connectivity index (χ4n) is 5.06. The Hall–Kier alpha value is -1.18. The zero-order valence-corrected chi connectivity index (χ0v) is 11.0. The molecular formula is C16H18O2. The predicted molar refractivity (Wildman–Crippen MR) is 67.8 cm³/mol. The van der Waals surface area contributed by atoms with E-state index in [9.17, 15) is 9.59 Å². The van der Waals surface area contributed by atoms with Crippen molar-refractivity contribution in [1.82, 2.24) is 0 Å². The number of hydrogen-bond donors (Lipinski definition) is 0. The molecule has 0 radical (unpaired) electrons. The lowest BCUT2D eigenvalue weighted by Gasteiger charge is -2.42. The average Bonchev–Trinajstić information content (AvgIpc) is 2.88. The van der Waals surface area contributed by atoms with Gasteiger partial charge in [-0.3, -0.25) is 9.59 Å². The van der Waals surface area contributed by atoms with Gasteiger partial charge in [0.1, 0.15) is 0 Å². The van der Waals surface area contributed by atoms with E-state index >= 15 is 0 Å². The Kier molecular flexibility index (Phi) is 1.71. The second-order valence-corrected chi connectivity index (χ2v) is 7.22. The summed E-state index contributed by atoms with van der Waals surface area (Å²) in [5, 5.41) is 0. The molecular weight excluding hydrogens is 224 g/mol. The van der Waals surface area contributed by atoms with Gasteiger partial charge in [-0.05, 0) is 60.5 Å². The molecule has 0 amide bonds. The maximum atomic E-state index is 12.0. The highest BCUT2D eigenvalue weighted by Crippen LogP contribution is 2.75. The van der Waals surface area contributed by atoms with Crippen LogP contribution in [0, 0.1) is 22.7 Å². The fraction of sp³-hybridized carbons (Fsp3) is 0.625. The van der Waals surface area contributed by atoms with E-state index in [1.165, 1.54) is 25.0 Å². The third-order valence-electron chi connectivity index (χ3n) is 6.14. The summed E-state index contributed by atoms with van der Waals surface area (Å²) in [4.78, 5) is 24.0. The highest BCUT2D eigenvalue weighted by molar-refractivity contribution is 6.20. The molecule has 0 saturated heterocycles. The molecule has 2 saturated carbocycles.